The molecule has 2 rings (SSSR count). The summed E-state index contributed by atoms with van der Waals surface area (Å²) in [6.07, 6.45) is 6.32. The lowest BCUT2D eigenvalue weighted by Crippen LogP contribution is -2.26. The molecule has 2 nitrogen and oxygen atoms in total. The first-order valence-electron chi connectivity index (χ1n) is 6.15. The van der Waals surface area contributed by atoms with Crippen LogP contribution in [-0.4, -0.2) is 11.0 Å². The lowest BCUT2D eigenvalue weighted by Gasteiger charge is -2.23. The van der Waals surface area contributed by atoms with Crippen LogP contribution in [0.3, 0.4) is 0 Å². The predicted molar refractivity (Wildman–Crippen MR) is 63.9 cm³/mol. The molecule has 1 fully saturated rings. The van der Waals surface area contributed by atoms with E-state index >= 15 is 0 Å². The Morgan fingerprint density at radius 1 is 1.25 bits per heavy atom. The third kappa shape index (κ3) is 2.94. The summed E-state index contributed by atoms with van der Waals surface area (Å²) in [5, 5.41) is 3.36. The van der Waals surface area contributed by atoms with E-state index in [4.69, 9.17) is 0 Å². The molecule has 1 saturated carbocycles. The molecule has 1 aliphatic carbocycles. The van der Waals surface area contributed by atoms with Crippen LogP contribution in [0.4, 0.5) is 10.2 Å². The molecule has 2 atom stereocenters. The minimum Gasteiger partial charge on any atom is -0.367 e. The SMILES string of the molecule is CC1CCCCCC1Nc1cccc(F)n1. The highest BCUT2D eigenvalue weighted by molar-refractivity contribution is 5.35. The van der Waals surface area contributed by atoms with Gasteiger partial charge in [-0.05, 0) is 30.9 Å². The molecule has 1 aromatic rings. The Kier molecular flexibility index (Phi) is 3.75. The van der Waals surface area contributed by atoms with Crippen molar-refractivity contribution in [3.8, 4) is 0 Å². The van der Waals surface area contributed by atoms with Crippen molar-refractivity contribution >= 4 is 5.82 Å². The second kappa shape index (κ2) is 5.28. The van der Waals surface area contributed by atoms with Crippen molar-refractivity contribution in [1.82, 2.24) is 4.98 Å². The largest absolute Gasteiger partial charge is 0.367 e. The smallest absolute Gasteiger partial charge is 0.214 e. The first-order chi connectivity index (χ1) is 7.75. The van der Waals surface area contributed by atoms with Crippen LogP contribution >= 0.6 is 0 Å². The van der Waals surface area contributed by atoms with Crippen molar-refractivity contribution in [1.29, 1.82) is 0 Å². The zero-order chi connectivity index (χ0) is 11.4. The Bertz CT molecular complexity index is 340. The molecule has 0 aliphatic heterocycles. The van der Waals surface area contributed by atoms with Gasteiger partial charge in [-0.25, -0.2) is 4.98 Å². The van der Waals surface area contributed by atoms with E-state index in [0.29, 0.717) is 17.8 Å². The summed E-state index contributed by atoms with van der Waals surface area (Å²) in [4.78, 5) is 3.85. The van der Waals surface area contributed by atoms with Crippen molar-refractivity contribution in [2.24, 2.45) is 5.92 Å². The second-order valence-electron chi connectivity index (χ2n) is 4.71. The lowest BCUT2D eigenvalue weighted by atomic mass is 9.97. The van der Waals surface area contributed by atoms with Gasteiger partial charge in [0.2, 0.25) is 5.95 Å². The molecule has 0 radical (unpaired) electrons. The number of pyridine rings is 1. The van der Waals surface area contributed by atoms with E-state index in [9.17, 15) is 4.39 Å². The van der Waals surface area contributed by atoms with Gasteiger partial charge in [0.05, 0.1) is 0 Å². The fraction of sp³-hybridized carbons (Fsp3) is 0.615. The summed E-state index contributed by atoms with van der Waals surface area (Å²) in [5.74, 6) is 0.901. The van der Waals surface area contributed by atoms with Crippen LogP contribution in [-0.2, 0) is 0 Å². The molecule has 1 aliphatic rings. The molecular weight excluding hydrogens is 203 g/mol. The van der Waals surface area contributed by atoms with E-state index in [1.165, 1.54) is 38.2 Å². The number of hydrogen-bond acceptors (Lipinski definition) is 2. The van der Waals surface area contributed by atoms with Crippen LogP contribution in [0.15, 0.2) is 18.2 Å². The summed E-state index contributed by atoms with van der Waals surface area (Å²) in [6.45, 7) is 2.27. The minimum atomic E-state index is -0.411. The standard InChI is InChI=1S/C13H19FN2/c1-10-6-3-2-4-7-11(10)15-13-9-5-8-12(14)16-13/h5,8-11H,2-4,6-7H2,1H3,(H,15,16). The number of halogens is 1. The molecule has 0 bridgehead atoms. The van der Waals surface area contributed by atoms with Gasteiger partial charge in [-0.2, -0.15) is 4.39 Å². The van der Waals surface area contributed by atoms with Crippen molar-refractivity contribution in [3.05, 3.63) is 24.1 Å². The van der Waals surface area contributed by atoms with Gasteiger partial charge in [0, 0.05) is 6.04 Å². The number of anilines is 1. The van der Waals surface area contributed by atoms with Crippen molar-refractivity contribution in [3.63, 3.8) is 0 Å². The van der Waals surface area contributed by atoms with Gasteiger partial charge in [-0.3, -0.25) is 0 Å². The summed E-state index contributed by atoms with van der Waals surface area (Å²) in [7, 11) is 0. The summed E-state index contributed by atoms with van der Waals surface area (Å²) >= 11 is 0. The van der Waals surface area contributed by atoms with E-state index in [1.54, 1.807) is 6.07 Å². The van der Waals surface area contributed by atoms with Crippen molar-refractivity contribution in [2.45, 2.75) is 45.1 Å². The molecule has 0 saturated heterocycles. The Morgan fingerprint density at radius 2 is 2.06 bits per heavy atom. The Balaban J connectivity index is 2.02. The van der Waals surface area contributed by atoms with Crippen LogP contribution in [0, 0.1) is 11.9 Å². The van der Waals surface area contributed by atoms with Crippen molar-refractivity contribution < 1.29 is 4.39 Å². The maximum absolute atomic E-state index is 12.9. The zero-order valence-corrected chi connectivity index (χ0v) is 9.75. The molecule has 3 heteroatoms. The van der Waals surface area contributed by atoms with Crippen LogP contribution in [0.5, 0.6) is 0 Å². The van der Waals surface area contributed by atoms with Crippen LogP contribution in [0.2, 0.25) is 0 Å². The van der Waals surface area contributed by atoms with Gasteiger partial charge in [0.25, 0.3) is 0 Å². The van der Waals surface area contributed by atoms with Crippen LogP contribution in [0.25, 0.3) is 0 Å². The van der Waals surface area contributed by atoms with Gasteiger partial charge in [-0.15, -0.1) is 0 Å². The lowest BCUT2D eigenvalue weighted by molar-refractivity contribution is 0.454. The second-order valence-corrected chi connectivity index (χ2v) is 4.71. The highest BCUT2D eigenvalue weighted by Gasteiger charge is 2.19. The van der Waals surface area contributed by atoms with Gasteiger partial charge >= 0.3 is 0 Å². The fourth-order valence-electron chi connectivity index (χ4n) is 2.39. The summed E-state index contributed by atoms with van der Waals surface area (Å²) in [5.41, 5.74) is 0. The first kappa shape index (κ1) is 11.4. The van der Waals surface area contributed by atoms with Gasteiger partial charge < -0.3 is 5.32 Å². The topological polar surface area (TPSA) is 24.9 Å². The molecule has 1 N–H and O–H groups in total. The highest BCUT2D eigenvalue weighted by atomic mass is 19.1. The maximum atomic E-state index is 12.9. The molecular formula is C13H19FN2. The Labute approximate surface area is 96.3 Å². The number of aromatic nitrogens is 1. The molecule has 16 heavy (non-hydrogen) atoms. The molecule has 0 spiro atoms. The predicted octanol–water partition coefficient (Wildman–Crippen LogP) is 3.60. The van der Waals surface area contributed by atoms with E-state index < -0.39 is 5.95 Å². The molecule has 2 unspecified atom stereocenters. The van der Waals surface area contributed by atoms with Crippen molar-refractivity contribution in [2.75, 3.05) is 5.32 Å². The van der Waals surface area contributed by atoms with Gasteiger partial charge in [0.1, 0.15) is 5.82 Å². The van der Waals surface area contributed by atoms with Crippen LogP contribution < -0.4 is 5.32 Å². The van der Waals surface area contributed by atoms with E-state index in [2.05, 4.69) is 17.2 Å². The van der Waals surface area contributed by atoms with Gasteiger partial charge in [0.15, 0.2) is 0 Å². The zero-order valence-electron chi connectivity index (χ0n) is 9.75. The molecule has 1 aromatic heterocycles. The van der Waals surface area contributed by atoms with E-state index in [1.807, 2.05) is 6.07 Å². The average molecular weight is 222 g/mol. The fourth-order valence-corrected chi connectivity index (χ4v) is 2.39. The Morgan fingerprint density at radius 3 is 2.88 bits per heavy atom. The maximum Gasteiger partial charge on any atom is 0.214 e. The number of nitrogens with one attached hydrogen (secondary N) is 1. The summed E-state index contributed by atoms with van der Waals surface area (Å²) in [6, 6.07) is 5.35. The van der Waals surface area contributed by atoms with Gasteiger partial charge in [-0.1, -0.05) is 32.3 Å². The monoisotopic (exact) mass is 222 g/mol. The number of hydrogen-bond donors (Lipinski definition) is 1. The highest BCUT2D eigenvalue weighted by Crippen LogP contribution is 2.25. The molecule has 88 valence electrons. The quantitative estimate of drug-likeness (QED) is 0.611. The third-order valence-electron chi connectivity index (χ3n) is 3.41. The average Bonchev–Trinajstić information content (AvgIpc) is 2.45. The van der Waals surface area contributed by atoms with Crippen LogP contribution in [0.1, 0.15) is 39.0 Å². The molecule has 0 amide bonds. The normalized spacial score (nSPS) is 26.1. The van der Waals surface area contributed by atoms with E-state index in [-0.39, 0.29) is 0 Å². The molecule has 1 heterocycles. The van der Waals surface area contributed by atoms with E-state index in [0.717, 1.165) is 0 Å². The third-order valence-corrected chi connectivity index (χ3v) is 3.41. The summed E-state index contributed by atoms with van der Waals surface area (Å²) < 4.78 is 12.9. The Hall–Kier alpha value is -1.12. The molecule has 0 aromatic carbocycles. The number of rotatable bonds is 2. The first-order valence-corrected chi connectivity index (χ1v) is 6.15. The number of nitrogens with zero attached hydrogens (tertiary/aromatic N) is 1. The minimum absolute atomic E-state index is 0.411.